The Morgan fingerprint density at radius 3 is 2.63 bits per heavy atom. The average Bonchev–Trinajstić information content (AvgIpc) is 2.37. The molecular weight excluding hydrogens is 240 g/mol. The molecule has 0 saturated carbocycles. The normalized spacial score (nSPS) is 18.3. The smallest absolute Gasteiger partial charge is 0.127 e. The number of ether oxygens (including phenoxy) is 2. The van der Waals surface area contributed by atoms with E-state index in [9.17, 15) is 0 Å². The van der Waals surface area contributed by atoms with Crippen LogP contribution in [-0.4, -0.2) is 39.8 Å². The van der Waals surface area contributed by atoms with Gasteiger partial charge in [-0.15, -0.1) is 0 Å². The molecule has 1 N–H and O–H groups in total. The third kappa shape index (κ3) is 2.69. The molecule has 0 spiro atoms. The van der Waals surface area contributed by atoms with E-state index in [1.54, 1.807) is 14.2 Å². The molecule has 0 amide bonds. The lowest BCUT2D eigenvalue weighted by Gasteiger charge is -2.29. The summed E-state index contributed by atoms with van der Waals surface area (Å²) >= 11 is 0. The SMILES string of the molecule is COc1cc(CN(C)C)c(OC)c2c1C(C)NCC2. The fourth-order valence-corrected chi connectivity index (χ4v) is 2.89. The molecule has 0 aromatic heterocycles. The summed E-state index contributed by atoms with van der Waals surface area (Å²) < 4.78 is 11.3. The molecule has 1 aromatic carbocycles. The van der Waals surface area contributed by atoms with E-state index in [-0.39, 0.29) is 0 Å². The standard InChI is InChI=1S/C15H24N2O2/c1-10-14-12(6-7-16-10)15(19-5)11(9-17(2)3)8-13(14)18-4/h8,10,16H,6-7,9H2,1-5H3. The number of rotatable bonds is 4. The molecule has 1 aliphatic rings. The van der Waals surface area contributed by atoms with E-state index >= 15 is 0 Å². The highest BCUT2D eigenvalue weighted by molar-refractivity contribution is 5.56. The fourth-order valence-electron chi connectivity index (χ4n) is 2.89. The van der Waals surface area contributed by atoms with Crippen molar-refractivity contribution in [2.75, 3.05) is 34.9 Å². The molecule has 4 nitrogen and oxygen atoms in total. The van der Waals surface area contributed by atoms with Crippen LogP contribution >= 0.6 is 0 Å². The molecule has 0 bridgehead atoms. The van der Waals surface area contributed by atoms with Gasteiger partial charge < -0.3 is 19.7 Å². The minimum absolute atomic E-state index is 0.306. The van der Waals surface area contributed by atoms with Gasteiger partial charge in [-0.2, -0.15) is 0 Å². The van der Waals surface area contributed by atoms with E-state index < -0.39 is 0 Å². The first kappa shape index (κ1) is 14.2. The predicted octanol–water partition coefficient (Wildman–Crippen LogP) is 1.97. The minimum atomic E-state index is 0.306. The molecule has 0 saturated heterocycles. The molecular formula is C15H24N2O2. The van der Waals surface area contributed by atoms with Gasteiger partial charge >= 0.3 is 0 Å². The van der Waals surface area contributed by atoms with Crippen molar-refractivity contribution >= 4 is 0 Å². The zero-order valence-corrected chi connectivity index (χ0v) is 12.5. The molecule has 4 heteroatoms. The maximum absolute atomic E-state index is 5.68. The number of nitrogens with one attached hydrogen (secondary N) is 1. The van der Waals surface area contributed by atoms with Gasteiger partial charge in [0, 0.05) is 29.3 Å². The quantitative estimate of drug-likeness (QED) is 0.901. The number of methoxy groups -OCH3 is 2. The Morgan fingerprint density at radius 2 is 2.05 bits per heavy atom. The molecule has 1 aromatic rings. The Hall–Kier alpha value is -1.26. The van der Waals surface area contributed by atoms with Gasteiger partial charge in [0.05, 0.1) is 14.2 Å². The van der Waals surface area contributed by atoms with E-state index in [1.165, 1.54) is 16.7 Å². The van der Waals surface area contributed by atoms with Gasteiger partial charge in [-0.1, -0.05) is 0 Å². The second kappa shape index (κ2) is 5.80. The minimum Gasteiger partial charge on any atom is -0.496 e. The lowest BCUT2D eigenvalue weighted by molar-refractivity contribution is 0.355. The zero-order chi connectivity index (χ0) is 14.0. The third-order valence-electron chi connectivity index (χ3n) is 3.63. The lowest BCUT2D eigenvalue weighted by Crippen LogP contribution is -2.29. The van der Waals surface area contributed by atoms with E-state index in [0.29, 0.717) is 6.04 Å². The second-order valence-corrected chi connectivity index (χ2v) is 5.33. The highest BCUT2D eigenvalue weighted by Crippen LogP contribution is 2.40. The largest absolute Gasteiger partial charge is 0.496 e. The first-order chi connectivity index (χ1) is 9.08. The van der Waals surface area contributed by atoms with E-state index in [2.05, 4.69) is 37.3 Å². The molecule has 0 aliphatic carbocycles. The summed E-state index contributed by atoms with van der Waals surface area (Å²) in [6.45, 7) is 4.01. The molecule has 0 radical (unpaired) electrons. The van der Waals surface area contributed by atoms with Gasteiger partial charge in [0.2, 0.25) is 0 Å². The van der Waals surface area contributed by atoms with Crippen molar-refractivity contribution in [1.82, 2.24) is 10.2 Å². The van der Waals surface area contributed by atoms with Gasteiger partial charge in [0.15, 0.2) is 0 Å². The highest BCUT2D eigenvalue weighted by atomic mass is 16.5. The molecule has 1 aliphatic heterocycles. The van der Waals surface area contributed by atoms with Crippen LogP contribution in [0.3, 0.4) is 0 Å². The lowest BCUT2D eigenvalue weighted by atomic mass is 9.91. The fraction of sp³-hybridized carbons (Fsp3) is 0.600. The predicted molar refractivity (Wildman–Crippen MR) is 77.1 cm³/mol. The zero-order valence-electron chi connectivity index (χ0n) is 12.5. The van der Waals surface area contributed by atoms with Crippen LogP contribution in [-0.2, 0) is 13.0 Å². The number of hydrogen-bond donors (Lipinski definition) is 1. The summed E-state index contributed by atoms with van der Waals surface area (Å²) in [5.41, 5.74) is 3.73. The Labute approximate surface area is 115 Å². The van der Waals surface area contributed by atoms with Gasteiger partial charge in [0.1, 0.15) is 11.5 Å². The second-order valence-electron chi connectivity index (χ2n) is 5.33. The summed E-state index contributed by atoms with van der Waals surface area (Å²) in [5, 5.41) is 3.48. The van der Waals surface area contributed by atoms with Crippen LogP contribution in [0.15, 0.2) is 6.07 Å². The average molecular weight is 264 g/mol. The van der Waals surface area contributed by atoms with Gasteiger partial charge in [-0.3, -0.25) is 0 Å². The van der Waals surface area contributed by atoms with Gasteiger partial charge in [0.25, 0.3) is 0 Å². The van der Waals surface area contributed by atoms with E-state index in [1.807, 2.05) is 0 Å². The Bertz CT molecular complexity index is 458. The summed E-state index contributed by atoms with van der Waals surface area (Å²) in [7, 11) is 7.63. The van der Waals surface area contributed by atoms with Gasteiger partial charge in [-0.25, -0.2) is 0 Å². The van der Waals surface area contributed by atoms with Crippen LogP contribution in [0.25, 0.3) is 0 Å². The van der Waals surface area contributed by atoms with Crippen LogP contribution < -0.4 is 14.8 Å². The van der Waals surface area contributed by atoms with Crippen molar-refractivity contribution in [2.24, 2.45) is 0 Å². The Balaban J connectivity index is 2.58. The molecule has 106 valence electrons. The van der Waals surface area contributed by atoms with Crippen molar-refractivity contribution < 1.29 is 9.47 Å². The maximum atomic E-state index is 5.68. The highest BCUT2D eigenvalue weighted by Gasteiger charge is 2.26. The summed E-state index contributed by atoms with van der Waals surface area (Å²) in [6, 6.07) is 2.42. The molecule has 0 fully saturated rings. The van der Waals surface area contributed by atoms with E-state index in [0.717, 1.165) is 31.0 Å². The summed E-state index contributed by atoms with van der Waals surface area (Å²) in [6.07, 6.45) is 0.987. The molecule has 2 rings (SSSR count). The van der Waals surface area contributed by atoms with E-state index in [4.69, 9.17) is 9.47 Å². The Kier molecular flexibility index (Phi) is 4.32. The molecule has 1 heterocycles. The summed E-state index contributed by atoms with van der Waals surface area (Å²) in [4.78, 5) is 2.15. The first-order valence-electron chi connectivity index (χ1n) is 6.73. The monoisotopic (exact) mass is 264 g/mol. The van der Waals surface area contributed by atoms with Gasteiger partial charge in [-0.05, 0) is 40.1 Å². The molecule has 19 heavy (non-hydrogen) atoms. The van der Waals surface area contributed by atoms with Crippen LogP contribution in [0, 0.1) is 0 Å². The number of benzene rings is 1. The number of hydrogen-bond acceptors (Lipinski definition) is 4. The van der Waals surface area contributed by atoms with Crippen LogP contribution in [0.1, 0.15) is 29.7 Å². The summed E-state index contributed by atoms with van der Waals surface area (Å²) in [5.74, 6) is 1.99. The maximum Gasteiger partial charge on any atom is 0.127 e. The Morgan fingerprint density at radius 1 is 1.32 bits per heavy atom. The molecule has 1 unspecified atom stereocenters. The van der Waals surface area contributed by atoms with Crippen molar-refractivity contribution in [3.8, 4) is 11.5 Å². The molecule has 1 atom stereocenters. The van der Waals surface area contributed by atoms with Crippen molar-refractivity contribution in [3.05, 3.63) is 22.8 Å². The van der Waals surface area contributed by atoms with Crippen molar-refractivity contribution in [3.63, 3.8) is 0 Å². The van der Waals surface area contributed by atoms with Crippen LogP contribution in [0.2, 0.25) is 0 Å². The van der Waals surface area contributed by atoms with Crippen LogP contribution in [0.4, 0.5) is 0 Å². The third-order valence-corrected chi connectivity index (χ3v) is 3.63. The number of nitrogens with zero attached hydrogens (tertiary/aromatic N) is 1. The number of fused-ring (bicyclic) bond motifs is 1. The first-order valence-corrected chi connectivity index (χ1v) is 6.73. The van der Waals surface area contributed by atoms with Crippen molar-refractivity contribution in [2.45, 2.75) is 25.9 Å². The van der Waals surface area contributed by atoms with Crippen LogP contribution in [0.5, 0.6) is 11.5 Å². The topological polar surface area (TPSA) is 33.7 Å². The van der Waals surface area contributed by atoms with Crippen molar-refractivity contribution in [1.29, 1.82) is 0 Å².